The van der Waals surface area contributed by atoms with Crippen LogP contribution in [0, 0.1) is 0 Å². The summed E-state index contributed by atoms with van der Waals surface area (Å²) in [7, 11) is -3.76. The highest BCUT2D eigenvalue weighted by molar-refractivity contribution is 7.92. The maximum atomic E-state index is 13.2. The number of aryl methyl sites for hydroxylation is 1. The Hall–Kier alpha value is -2.60. The van der Waals surface area contributed by atoms with E-state index < -0.39 is 15.4 Å². The normalized spacial score (nSPS) is 12.1. The van der Waals surface area contributed by atoms with Crippen molar-refractivity contribution in [3.8, 4) is 0 Å². The molecule has 148 valence electrons. The fraction of sp³-hybridized carbons (Fsp3) is 0.318. The molecule has 0 aliphatic heterocycles. The fourth-order valence-corrected chi connectivity index (χ4v) is 4.56. The predicted molar refractivity (Wildman–Crippen MR) is 113 cm³/mol. The van der Waals surface area contributed by atoms with Gasteiger partial charge in [-0.3, -0.25) is 9.40 Å². The summed E-state index contributed by atoms with van der Waals surface area (Å²) in [5.74, 6) is 0. The number of para-hydroxylation sites is 1. The molecule has 0 bridgehead atoms. The van der Waals surface area contributed by atoms with Crippen molar-refractivity contribution in [3.63, 3.8) is 0 Å². The molecule has 1 aromatic heterocycles. The summed E-state index contributed by atoms with van der Waals surface area (Å²) in [6.45, 7) is 8.44. The van der Waals surface area contributed by atoms with Crippen LogP contribution >= 0.6 is 0 Å². The van der Waals surface area contributed by atoms with Crippen molar-refractivity contribution in [1.82, 2.24) is 9.78 Å². The van der Waals surface area contributed by atoms with Crippen LogP contribution in [-0.4, -0.2) is 18.2 Å². The van der Waals surface area contributed by atoms with Crippen LogP contribution in [0.15, 0.2) is 65.7 Å². The van der Waals surface area contributed by atoms with Crippen LogP contribution in [0.2, 0.25) is 0 Å². The van der Waals surface area contributed by atoms with Gasteiger partial charge in [-0.15, -0.1) is 0 Å². The molecule has 2 aromatic carbocycles. The van der Waals surface area contributed by atoms with Crippen LogP contribution in [0.25, 0.3) is 0 Å². The second-order valence-corrected chi connectivity index (χ2v) is 9.54. The first kappa shape index (κ1) is 20.1. The number of rotatable bonds is 6. The molecule has 0 amide bonds. The maximum Gasteiger partial charge on any atom is 0.265 e. The van der Waals surface area contributed by atoms with Crippen molar-refractivity contribution in [2.24, 2.45) is 0 Å². The van der Waals surface area contributed by atoms with Crippen LogP contribution < -0.4 is 4.72 Å². The number of benzene rings is 2. The van der Waals surface area contributed by atoms with Gasteiger partial charge < -0.3 is 0 Å². The number of anilines is 1. The minimum absolute atomic E-state index is 0.224. The quantitative estimate of drug-likeness (QED) is 0.661. The monoisotopic (exact) mass is 397 g/mol. The molecule has 0 unspecified atom stereocenters. The summed E-state index contributed by atoms with van der Waals surface area (Å²) in [6, 6.07) is 17.4. The number of nitrogens with zero attached hydrogens (tertiary/aromatic N) is 2. The summed E-state index contributed by atoms with van der Waals surface area (Å²) in [5, 5.41) is 4.62. The lowest BCUT2D eigenvalue weighted by Crippen LogP contribution is -2.20. The predicted octanol–water partition coefficient (Wildman–Crippen LogP) is 4.59. The Morgan fingerprint density at radius 2 is 1.64 bits per heavy atom. The van der Waals surface area contributed by atoms with E-state index in [1.54, 1.807) is 16.9 Å². The van der Waals surface area contributed by atoms with Gasteiger partial charge in [0.1, 0.15) is 4.90 Å². The molecule has 6 heteroatoms. The fourth-order valence-electron chi connectivity index (χ4n) is 3.10. The van der Waals surface area contributed by atoms with E-state index in [1.807, 2.05) is 76.2 Å². The molecule has 0 spiro atoms. The highest BCUT2D eigenvalue weighted by Crippen LogP contribution is 2.30. The Morgan fingerprint density at radius 3 is 2.29 bits per heavy atom. The molecule has 0 saturated carbocycles. The third-order valence-electron chi connectivity index (χ3n) is 4.56. The molecular weight excluding hydrogens is 370 g/mol. The second kappa shape index (κ2) is 7.80. The molecule has 0 saturated heterocycles. The Kier molecular flexibility index (Phi) is 5.61. The van der Waals surface area contributed by atoms with Gasteiger partial charge in [-0.2, -0.15) is 5.10 Å². The number of aromatic nitrogens is 2. The smallest absolute Gasteiger partial charge is 0.265 e. The van der Waals surface area contributed by atoms with Crippen LogP contribution in [0.5, 0.6) is 0 Å². The van der Waals surface area contributed by atoms with Crippen molar-refractivity contribution in [3.05, 3.63) is 77.6 Å². The van der Waals surface area contributed by atoms with Crippen LogP contribution in [-0.2, 0) is 28.4 Å². The average Bonchev–Trinajstić information content (AvgIpc) is 3.08. The lowest BCUT2D eigenvalue weighted by atomic mass is 9.92. The van der Waals surface area contributed by atoms with E-state index in [2.05, 4.69) is 9.82 Å². The highest BCUT2D eigenvalue weighted by atomic mass is 32.2. The summed E-state index contributed by atoms with van der Waals surface area (Å²) in [4.78, 5) is 0.224. The topological polar surface area (TPSA) is 64.0 Å². The molecule has 3 rings (SSSR count). The van der Waals surface area contributed by atoms with Gasteiger partial charge in [-0.1, -0.05) is 76.2 Å². The average molecular weight is 398 g/mol. The van der Waals surface area contributed by atoms with Crippen molar-refractivity contribution < 1.29 is 8.42 Å². The standard InChI is InChI=1S/C22H27N3O2S/c1-5-18-13-9-10-14-19(18)24-28(26,27)20-16-25(23-21(20)22(2,3)4)15-17-11-7-6-8-12-17/h6-14,16,24H,5,15H2,1-4H3. The molecule has 0 aliphatic rings. The molecule has 3 aromatic rings. The largest absolute Gasteiger partial charge is 0.279 e. The van der Waals surface area contributed by atoms with Gasteiger partial charge in [-0.05, 0) is 23.6 Å². The molecule has 0 atom stereocenters. The highest BCUT2D eigenvalue weighted by Gasteiger charge is 2.30. The minimum Gasteiger partial charge on any atom is -0.279 e. The lowest BCUT2D eigenvalue weighted by molar-refractivity contribution is 0.533. The second-order valence-electron chi connectivity index (χ2n) is 7.89. The van der Waals surface area contributed by atoms with Gasteiger partial charge >= 0.3 is 0 Å². The molecular formula is C22H27N3O2S. The first-order chi connectivity index (χ1) is 13.2. The van der Waals surface area contributed by atoms with Gasteiger partial charge in [0, 0.05) is 11.6 Å². The minimum atomic E-state index is -3.76. The SMILES string of the molecule is CCc1ccccc1NS(=O)(=O)c1cn(Cc2ccccc2)nc1C(C)(C)C. The number of hydrogen-bond acceptors (Lipinski definition) is 3. The molecule has 1 N–H and O–H groups in total. The first-order valence-electron chi connectivity index (χ1n) is 9.43. The Bertz CT molecular complexity index is 1050. The van der Waals surface area contributed by atoms with E-state index >= 15 is 0 Å². The van der Waals surface area contributed by atoms with Crippen LogP contribution in [0.4, 0.5) is 5.69 Å². The van der Waals surface area contributed by atoms with E-state index in [4.69, 9.17) is 0 Å². The molecule has 28 heavy (non-hydrogen) atoms. The van der Waals surface area contributed by atoms with E-state index in [9.17, 15) is 8.42 Å². The number of hydrogen-bond donors (Lipinski definition) is 1. The molecule has 5 nitrogen and oxygen atoms in total. The van der Waals surface area contributed by atoms with Crippen molar-refractivity contribution in [2.45, 2.75) is 51.0 Å². The van der Waals surface area contributed by atoms with E-state index in [1.165, 1.54) is 0 Å². The van der Waals surface area contributed by atoms with Crippen LogP contribution in [0.1, 0.15) is 44.5 Å². The third-order valence-corrected chi connectivity index (χ3v) is 5.92. The van der Waals surface area contributed by atoms with Gasteiger partial charge in [0.15, 0.2) is 0 Å². The number of sulfonamides is 1. The molecule has 0 fully saturated rings. The summed E-state index contributed by atoms with van der Waals surface area (Å²) in [5.41, 5.74) is 2.79. The van der Waals surface area contributed by atoms with Gasteiger partial charge in [0.2, 0.25) is 0 Å². The Morgan fingerprint density at radius 1 is 1.00 bits per heavy atom. The van der Waals surface area contributed by atoms with E-state index in [0.29, 0.717) is 17.9 Å². The third kappa shape index (κ3) is 4.44. The zero-order valence-corrected chi connectivity index (χ0v) is 17.6. The lowest BCUT2D eigenvalue weighted by Gasteiger charge is -2.18. The first-order valence-corrected chi connectivity index (χ1v) is 10.9. The van der Waals surface area contributed by atoms with Crippen LogP contribution in [0.3, 0.4) is 0 Å². The van der Waals surface area contributed by atoms with E-state index in [0.717, 1.165) is 17.5 Å². The Balaban J connectivity index is 2.01. The summed E-state index contributed by atoms with van der Waals surface area (Å²) in [6.07, 6.45) is 2.38. The van der Waals surface area contributed by atoms with Crippen molar-refractivity contribution in [1.29, 1.82) is 0 Å². The zero-order chi connectivity index (χ0) is 20.4. The molecule has 0 aliphatic carbocycles. The van der Waals surface area contributed by atoms with Gasteiger partial charge in [0.25, 0.3) is 10.0 Å². The van der Waals surface area contributed by atoms with Crippen molar-refractivity contribution in [2.75, 3.05) is 4.72 Å². The summed E-state index contributed by atoms with van der Waals surface area (Å²) < 4.78 is 30.9. The van der Waals surface area contributed by atoms with Crippen molar-refractivity contribution >= 4 is 15.7 Å². The molecule has 0 radical (unpaired) electrons. The Labute approximate surface area is 167 Å². The van der Waals surface area contributed by atoms with Gasteiger partial charge in [0.05, 0.1) is 17.9 Å². The zero-order valence-electron chi connectivity index (χ0n) is 16.8. The maximum absolute atomic E-state index is 13.2. The summed E-state index contributed by atoms with van der Waals surface area (Å²) >= 11 is 0. The number of nitrogens with one attached hydrogen (secondary N) is 1. The molecule has 1 heterocycles. The van der Waals surface area contributed by atoms with Gasteiger partial charge in [-0.25, -0.2) is 8.42 Å². The van der Waals surface area contributed by atoms with E-state index in [-0.39, 0.29) is 4.90 Å².